The number of rotatable bonds is 0. The summed E-state index contributed by atoms with van der Waals surface area (Å²) in [5, 5.41) is 0. The topological polar surface area (TPSA) is 132 Å². The second-order valence-electron chi connectivity index (χ2n) is 0. The molecule has 0 aromatic rings. The summed E-state index contributed by atoms with van der Waals surface area (Å²) in [6.07, 6.45) is 0. The van der Waals surface area contributed by atoms with Gasteiger partial charge in [0, 0.05) is 22.4 Å². The first-order valence-electron chi connectivity index (χ1n) is 0. The van der Waals surface area contributed by atoms with Gasteiger partial charge in [-0.05, 0) is 0 Å². The normalized spacial score (nSPS) is 0. The molecule has 4 nitrogen and oxygen atoms in total. The summed E-state index contributed by atoms with van der Waals surface area (Å²) in [6.45, 7) is 0. The van der Waals surface area contributed by atoms with Gasteiger partial charge in [-0.1, -0.05) is 0 Å². The molecule has 0 spiro atoms. The SMILES string of the molecule is [Ag].[OH3+].[OH3+].[OH3+].[OH3+]. The van der Waals surface area contributed by atoms with Gasteiger partial charge in [-0.25, -0.2) is 0 Å². The Kier molecular flexibility index (Phi) is 12100. The van der Waals surface area contributed by atoms with Gasteiger partial charge in [0.1, 0.15) is 0 Å². The Balaban J connectivity index is 0. The summed E-state index contributed by atoms with van der Waals surface area (Å²) >= 11 is 0. The van der Waals surface area contributed by atoms with Gasteiger partial charge in [0.05, 0.1) is 0 Å². The van der Waals surface area contributed by atoms with E-state index >= 15 is 0 Å². The molecule has 0 fully saturated rings. The zero-order valence-corrected chi connectivity index (χ0v) is 4.09. The Morgan fingerprint density at radius 1 is 0.400 bits per heavy atom. The molecular formula is H12AgO4+4. The van der Waals surface area contributed by atoms with Crippen molar-refractivity contribution in [3.05, 3.63) is 0 Å². The van der Waals surface area contributed by atoms with E-state index in [1.807, 2.05) is 0 Å². The first-order chi connectivity index (χ1) is 0. The van der Waals surface area contributed by atoms with Crippen LogP contribution in [0.1, 0.15) is 0 Å². The van der Waals surface area contributed by atoms with Gasteiger partial charge in [-0.3, -0.25) is 0 Å². The fourth-order valence-corrected chi connectivity index (χ4v) is 0. The Morgan fingerprint density at radius 3 is 0.400 bits per heavy atom. The first kappa shape index (κ1) is 348. The third kappa shape index (κ3) is 90.6. The van der Waals surface area contributed by atoms with E-state index in [9.17, 15) is 0 Å². The molecule has 0 rings (SSSR count). The molecule has 0 aliphatic rings. The maximum Gasteiger partial charge on any atom is 0 e. The van der Waals surface area contributed by atoms with Crippen molar-refractivity contribution >= 4 is 0 Å². The van der Waals surface area contributed by atoms with E-state index < -0.39 is 0 Å². The third-order valence-corrected chi connectivity index (χ3v) is 0. The maximum absolute atomic E-state index is 0. The predicted octanol–water partition coefficient (Wildman–Crippen LogP) is -3.69. The molecule has 0 heterocycles. The van der Waals surface area contributed by atoms with Gasteiger partial charge >= 0.3 is 0 Å². The van der Waals surface area contributed by atoms with Gasteiger partial charge in [-0.15, -0.1) is 0 Å². The molecule has 0 unspecified atom stereocenters. The van der Waals surface area contributed by atoms with Crippen LogP contribution in [-0.4, -0.2) is 0 Å². The van der Waals surface area contributed by atoms with Gasteiger partial charge in [0.15, 0.2) is 0 Å². The monoisotopic (exact) mass is 183 g/mol. The molecule has 0 aromatic heterocycles. The van der Waals surface area contributed by atoms with Crippen LogP contribution in [-0.2, 0) is 44.3 Å². The molecule has 0 saturated carbocycles. The largest absolute Gasteiger partial charge is 0.457 e. The maximum atomic E-state index is 0. The van der Waals surface area contributed by atoms with Crippen molar-refractivity contribution in [1.82, 2.24) is 0 Å². The van der Waals surface area contributed by atoms with Crippen LogP contribution in [0.3, 0.4) is 0 Å². The van der Waals surface area contributed by atoms with Crippen LogP contribution >= 0.6 is 0 Å². The molecule has 5 heavy (non-hydrogen) atoms. The van der Waals surface area contributed by atoms with Crippen molar-refractivity contribution in [2.75, 3.05) is 0 Å². The number of hydrogen-bond donors (Lipinski definition) is 0. The van der Waals surface area contributed by atoms with Crippen molar-refractivity contribution in [2.45, 2.75) is 0 Å². The fraction of sp³-hybridized carbons (Fsp3) is 0. The first-order valence-corrected chi connectivity index (χ1v) is 0. The van der Waals surface area contributed by atoms with Crippen molar-refractivity contribution in [1.29, 1.82) is 0 Å². The van der Waals surface area contributed by atoms with Crippen LogP contribution in [0.25, 0.3) is 0 Å². The minimum atomic E-state index is 0. The van der Waals surface area contributed by atoms with Gasteiger partial charge in [0.25, 0.3) is 0 Å². The average Bonchev–Trinajstić information content (AvgIpc) is 0. The van der Waals surface area contributed by atoms with Crippen molar-refractivity contribution in [3.63, 3.8) is 0 Å². The van der Waals surface area contributed by atoms with Gasteiger partial charge in [0.2, 0.25) is 0 Å². The molecule has 12 N–H and O–H groups in total. The summed E-state index contributed by atoms with van der Waals surface area (Å²) in [5.41, 5.74) is 0. The van der Waals surface area contributed by atoms with E-state index in [1.54, 1.807) is 0 Å². The molecular weight excluding hydrogens is 172 g/mol. The van der Waals surface area contributed by atoms with Crippen molar-refractivity contribution in [3.8, 4) is 0 Å². The van der Waals surface area contributed by atoms with Crippen LogP contribution in [0.2, 0.25) is 0 Å². The zero-order valence-electron chi connectivity index (χ0n) is 2.61. The standard InChI is InChI=1S/Ag.4H2O/h;4*1H2/p+4. The third-order valence-electron chi connectivity index (χ3n) is 0. The van der Waals surface area contributed by atoms with Gasteiger partial charge in [-0.2, -0.15) is 0 Å². The second kappa shape index (κ2) is 174. The predicted molar refractivity (Wildman–Crippen MR) is 19.5 cm³/mol. The van der Waals surface area contributed by atoms with Crippen LogP contribution in [0.4, 0.5) is 0 Å². The Bertz CT molecular complexity index is 3.61. The van der Waals surface area contributed by atoms with Crippen LogP contribution < -0.4 is 0 Å². The molecule has 0 saturated heterocycles. The molecule has 5 heteroatoms. The van der Waals surface area contributed by atoms with E-state index in [-0.39, 0.29) is 44.3 Å². The molecule has 1 radical (unpaired) electrons. The van der Waals surface area contributed by atoms with Crippen LogP contribution in [0, 0.1) is 0 Å². The molecule has 0 aromatic carbocycles. The van der Waals surface area contributed by atoms with E-state index in [4.69, 9.17) is 0 Å². The van der Waals surface area contributed by atoms with E-state index in [2.05, 4.69) is 0 Å². The summed E-state index contributed by atoms with van der Waals surface area (Å²) in [4.78, 5) is 0. The number of hydrogen-bond acceptors (Lipinski definition) is 0. The summed E-state index contributed by atoms with van der Waals surface area (Å²) in [7, 11) is 0. The van der Waals surface area contributed by atoms with Crippen molar-refractivity contribution < 1.29 is 44.3 Å². The average molecular weight is 184 g/mol. The zero-order chi connectivity index (χ0) is 0. The summed E-state index contributed by atoms with van der Waals surface area (Å²) in [6, 6.07) is 0. The molecule has 0 amide bonds. The smallest absolute Gasteiger partial charge is 0 e. The summed E-state index contributed by atoms with van der Waals surface area (Å²) < 4.78 is 0. The van der Waals surface area contributed by atoms with Crippen LogP contribution in [0.15, 0.2) is 0 Å². The molecule has 0 aliphatic heterocycles. The molecule has 0 atom stereocenters. The van der Waals surface area contributed by atoms with Gasteiger partial charge < -0.3 is 21.9 Å². The molecule has 0 bridgehead atoms. The van der Waals surface area contributed by atoms with Crippen LogP contribution in [0.5, 0.6) is 0 Å². The molecule has 0 aliphatic carbocycles. The Morgan fingerprint density at radius 2 is 0.400 bits per heavy atom. The Hall–Kier alpha value is 0.580. The fourth-order valence-electron chi connectivity index (χ4n) is 0. The quantitative estimate of drug-likeness (QED) is 0.271. The van der Waals surface area contributed by atoms with E-state index in [0.717, 1.165) is 0 Å². The Labute approximate surface area is 44.9 Å². The minimum Gasteiger partial charge on any atom is -0.457 e. The molecule has 43 valence electrons. The van der Waals surface area contributed by atoms with E-state index in [1.165, 1.54) is 0 Å². The van der Waals surface area contributed by atoms with E-state index in [0.29, 0.717) is 0 Å². The summed E-state index contributed by atoms with van der Waals surface area (Å²) in [5.74, 6) is 0. The second-order valence-corrected chi connectivity index (χ2v) is 0. The minimum absolute atomic E-state index is 0. The van der Waals surface area contributed by atoms with Crippen molar-refractivity contribution in [2.24, 2.45) is 0 Å².